The van der Waals surface area contributed by atoms with Crippen molar-refractivity contribution in [1.82, 2.24) is 5.53 Å². The first kappa shape index (κ1) is 28.3. The Bertz CT molecular complexity index is 958. The first-order valence-corrected chi connectivity index (χ1v) is 12.4. The molecule has 0 aliphatic carbocycles. The van der Waals surface area contributed by atoms with E-state index in [-0.39, 0.29) is 29.0 Å². The smallest absolute Gasteiger partial charge is 0.305 e. The number of aromatic hydroxyl groups is 2. The Morgan fingerprint density at radius 2 is 1.74 bits per heavy atom. The standard InChI is InChI=1S/C16H19N3O2.C11H22O3/c1-16(2,3)11-8-10(20)9-14(15(11)21)19-13-7-5-4-6-12(13)17-18-19;1-3-5-7-10(12)8-6-9-14-11(13)4-2/h4-9,17-18,20-21H,1-3H3;10,12H,3-9H2,1-2H3. The van der Waals surface area contributed by atoms with Crippen LogP contribution in [0.4, 0.5) is 17.1 Å². The fourth-order valence-corrected chi connectivity index (χ4v) is 3.68. The molecule has 0 amide bonds. The molecule has 8 nitrogen and oxygen atoms in total. The number of para-hydroxylation sites is 2. The zero-order chi connectivity index (χ0) is 26.0. The molecule has 0 spiro atoms. The van der Waals surface area contributed by atoms with Crippen molar-refractivity contribution < 1.29 is 24.9 Å². The number of anilines is 3. The highest BCUT2D eigenvalue weighted by molar-refractivity contribution is 5.82. The van der Waals surface area contributed by atoms with E-state index in [0.717, 1.165) is 43.5 Å². The Morgan fingerprint density at radius 1 is 1.06 bits per heavy atom. The lowest BCUT2D eigenvalue weighted by Crippen LogP contribution is -2.31. The average Bonchev–Trinajstić information content (AvgIpc) is 3.25. The molecule has 8 heteroatoms. The Labute approximate surface area is 208 Å². The molecule has 1 unspecified atom stereocenters. The van der Waals surface area contributed by atoms with Crippen LogP contribution in [0, 0.1) is 0 Å². The SMILES string of the molecule is CC(C)(C)c1cc(O)cc(N2NNc3ccccc32)c1O.CCCCC(O)CCCOC(=O)CC. The summed E-state index contributed by atoms with van der Waals surface area (Å²) in [4.78, 5) is 10.7. The minimum Gasteiger partial charge on any atom is -0.508 e. The molecule has 2 aromatic rings. The van der Waals surface area contributed by atoms with Crippen molar-refractivity contribution in [2.24, 2.45) is 0 Å². The van der Waals surface area contributed by atoms with Crippen molar-refractivity contribution in [2.45, 2.75) is 84.7 Å². The molecule has 2 aromatic carbocycles. The van der Waals surface area contributed by atoms with Gasteiger partial charge in [-0.05, 0) is 42.9 Å². The minimum absolute atomic E-state index is 0.124. The van der Waals surface area contributed by atoms with Crippen LogP contribution < -0.4 is 16.0 Å². The zero-order valence-corrected chi connectivity index (χ0v) is 21.6. The summed E-state index contributed by atoms with van der Waals surface area (Å²) in [5, 5.41) is 31.8. The molecular weight excluding hydrogens is 446 g/mol. The molecular formula is C27H41N3O5. The minimum atomic E-state index is -0.274. The monoisotopic (exact) mass is 487 g/mol. The number of carbonyl (C=O) groups excluding carboxylic acids is 1. The molecule has 0 saturated heterocycles. The molecule has 0 bridgehead atoms. The van der Waals surface area contributed by atoms with E-state index >= 15 is 0 Å². The number of aliphatic hydroxyl groups is 1. The fourth-order valence-electron chi connectivity index (χ4n) is 3.68. The van der Waals surface area contributed by atoms with Crippen molar-refractivity contribution in [1.29, 1.82) is 0 Å². The van der Waals surface area contributed by atoms with E-state index in [1.54, 1.807) is 24.1 Å². The molecule has 0 saturated carbocycles. The van der Waals surface area contributed by atoms with Crippen LogP contribution in [0.3, 0.4) is 0 Å². The molecule has 3 rings (SSSR count). The van der Waals surface area contributed by atoms with Gasteiger partial charge in [0.15, 0.2) is 0 Å². The number of aliphatic hydroxyl groups excluding tert-OH is 1. The number of unbranched alkanes of at least 4 members (excludes halogenated alkanes) is 1. The lowest BCUT2D eigenvalue weighted by molar-refractivity contribution is -0.143. The van der Waals surface area contributed by atoms with Gasteiger partial charge < -0.3 is 25.5 Å². The summed E-state index contributed by atoms with van der Waals surface area (Å²) >= 11 is 0. The van der Waals surface area contributed by atoms with Crippen LogP contribution >= 0.6 is 0 Å². The van der Waals surface area contributed by atoms with Crippen molar-refractivity contribution in [3.05, 3.63) is 42.0 Å². The van der Waals surface area contributed by atoms with Gasteiger partial charge in [0.05, 0.1) is 24.1 Å². The van der Waals surface area contributed by atoms with Crippen LogP contribution in [0.5, 0.6) is 11.5 Å². The average molecular weight is 488 g/mol. The zero-order valence-electron chi connectivity index (χ0n) is 21.6. The maximum Gasteiger partial charge on any atom is 0.305 e. The quantitative estimate of drug-likeness (QED) is 0.175. The van der Waals surface area contributed by atoms with E-state index in [4.69, 9.17) is 4.74 Å². The van der Waals surface area contributed by atoms with Gasteiger partial charge in [0, 0.05) is 18.1 Å². The lowest BCUT2D eigenvalue weighted by atomic mass is 9.85. The second-order valence-corrected chi connectivity index (χ2v) is 9.71. The normalized spacial score (nSPS) is 13.4. The molecule has 0 radical (unpaired) electrons. The third-order valence-electron chi connectivity index (χ3n) is 5.70. The Kier molecular flexibility index (Phi) is 10.7. The first-order valence-electron chi connectivity index (χ1n) is 12.4. The number of ether oxygens (including phenoxy) is 1. The van der Waals surface area contributed by atoms with Crippen molar-refractivity contribution >= 4 is 23.0 Å². The predicted octanol–water partition coefficient (Wildman–Crippen LogP) is 5.65. The maximum atomic E-state index is 10.7. The molecule has 0 fully saturated rings. The third-order valence-corrected chi connectivity index (χ3v) is 5.70. The molecule has 1 aliphatic heterocycles. The van der Waals surface area contributed by atoms with E-state index in [9.17, 15) is 20.1 Å². The Hall–Kier alpha value is -2.97. The van der Waals surface area contributed by atoms with Gasteiger partial charge in [-0.3, -0.25) is 9.80 Å². The predicted molar refractivity (Wildman–Crippen MR) is 140 cm³/mol. The van der Waals surface area contributed by atoms with E-state index in [0.29, 0.717) is 24.3 Å². The van der Waals surface area contributed by atoms with Crippen LogP contribution in [0.1, 0.15) is 78.7 Å². The Balaban J connectivity index is 0.000000271. The number of hydrazine groups is 2. The van der Waals surface area contributed by atoms with Gasteiger partial charge >= 0.3 is 5.97 Å². The van der Waals surface area contributed by atoms with Gasteiger partial charge in [0.2, 0.25) is 0 Å². The number of phenolic OH excluding ortho intramolecular Hbond substituents is 2. The number of fused-ring (bicyclic) bond motifs is 1. The number of esters is 1. The second-order valence-electron chi connectivity index (χ2n) is 9.71. The van der Waals surface area contributed by atoms with Crippen molar-refractivity contribution in [3.8, 4) is 11.5 Å². The number of hydrogen-bond acceptors (Lipinski definition) is 8. The van der Waals surface area contributed by atoms with Crippen LogP contribution in [-0.4, -0.2) is 34.0 Å². The lowest BCUT2D eigenvalue weighted by Gasteiger charge is -2.26. The summed E-state index contributed by atoms with van der Waals surface area (Å²) in [6, 6.07) is 10.9. The van der Waals surface area contributed by atoms with Crippen LogP contribution in [0.15, 0.2) is 36.4 Å². The number of carbonyl (C=O) groups is 1. The van der Waals surface area contributed by atoms with E-state index < -0.39 is 0 Å². The highest BCUT2D eigenvalue weighted by atomic mass is 16.5. The maximum absolute atomic E-state index is 10.7. The number of phenols is 2. The highest BCUT2D eigenvalue weighted by Crippen LogP contribution is 2.45. The topological polar surface area (TPSA) is 114 Å². The van der Waals surface area contributed by atoms with Crippen molar-refractivity contribution in [3.63, 3.8) is 0 Å². The highest BCUT2D eigenvalue weighted by Gasteiger charge is 2.27. The van der Waals surface area contributed by atoms with Crippen LogP contribution in [-0.2, 0) is 14.9 Å². The summed E-state index contributed by atoms with van der Waals surface area (Å²) in [6.07, 6.45) is 4.73. The molecule has 5 N–H and O–H groups in total. The summed E-state index contributed by atoms with van der Waals surface area (Å²) in [7, 11) is 0. The van der Waals surface area contributed by atoms with Crippen molar-refractivity contribution in [2.75, 3.05) is 17.0 Å². The largest absolute Gasteiger partial charge is 0.508 e. The summed E-state index contributed by atoms with van der Waals surface area (Å²) in [5.74, 6) is 0.123. The van der Waals surface area contributed by atoms with Gasteiger partial charge in [-0.15, -0.1) is 5.53 Å². The molecule has 35 heavy (non-hydrogen) atoms. The van der Waals surface area contributed by atoms with E-state index in [1.165, 1.54) is 0 Å². The molecule has 1 aliphatic rings. The summed E-state index contributed by atoms with van der Waals surface area (Å²) in [5.41, 5.74) is 8.77. The van der Waals surface area contributed by atoms with Crippen LogP contribution in [0.25, 0.3) is 0 Å². The fraction of sp³-hybridized carbons (Fsp3) is 0.519. The molecule has 0 aromatic heterocycles. The Morgan fingerprint density at radius 3 is 2.40 bits per heavy atom. The van der Waals surface area contributed by atoms with E-state index in [2.05, 4.69) is 17.9 Å². The number of rotatable bonds is 9. The first-order chi connectivity index (χ1) is 16.6. The molecule has 1 heterocycles. The van der Waals surface area contributed by atoms with Gasteiger partial charge in [0.25, 0.3) is 0 Å². The molecule has 1 atom stereocenters. The third kappa shape index (κ3) is 8.33. The van der Waals surface area contributed by atoms with Gasteiger partial charge in [-0.25, -0.2) is 0 Å². The summed E-state index contributed by atoms with van der Waals surface area (Å²) < 4.78 is 4.90. The number of benzene rings is 2. The van der Waals surface area contributed by atoms with Gasteiger partial charge in [0.1, 0.15) is 17.2 Å². The number of nitrogens with one attached hydrogen (secondary N) is 2. The molecule has 194 valence electrons. The second kappa shape index (κ2) is 13.2. The van der Waals surface area contributed by atoms with Gasteiger partial charge in [-0.2, -0.15) is 0 Å². The number of hydrogen-bond donors (Lipinski definition) is 5. The van der Waals surface area contributed by atoms with Gasteiger partial charge in [-0.1, -0.05) is 59.6 Å². The number of nitrogens with zero attached hydrogens (tertiary/aromatic N) is 1. The summed E-state index contributed by atoms with van der Waals surface area (Å²) in [6.45, 7) is 10.3. The van der Waals surface area contributed by atoms with Crippen LogP contribution in [0.2, 0.25) is 0 Å². The van der Waals surface area contributed by atoms with E-state index in [1.807, 2.05) is 45.0 Å².